The van der Waals surface area contributed by atoms with Gasteiger partial charge in [-0.3, -0.25) is 4.79 Å². The highest BCUT2D eigenvalue weighted by molar-refractivity contribution is 7.89. The Labute approximate surface area is 124 Å². The van der Waals surface area contributed by atoms with E-state index in [1.807, 2.05) is 25.5 Å². The van der Waals surface area contributed by atoms with Crippen LogP contribution in [0, 0.1) is 0 Å². The molecule has 1 aromatic rings. The van der Waals surface area contributed by atoms with Crippen molar-refractivity contribution in [3.05, 3.63) is 29.8 Å². The first-order valence-corrected chi connectivity index (χ1v) is 7.97. The summed E-state index contributed by atoms with van der Waals surface area (Å²) < 4.78 is 26.2. The number of carboxylic acid groups (broad SMARTS) is 1. The molecule has 0 aromatic heterocycles. The zero-order chi connectivity index (χ0) is 16.4. The van der Waals surface area contributed by atoms with Crippen LogP contribution >= 0.6 is 0 Å². The summed E-state index contributed by atoms with van der Waals surface area (Å²) in [6, 6.07) is 4.63. The Bertz CT molecular complexity index is 599. The van der Waals surface area contributed by atoms with E-state index < -0.39 is 28.1 Å². The summed E-state index contributed by atoms with van der Waals surface area (Å²) in [6.07, 6.45) is -1.34. The van der Waals surface area contributed by atoms with E-state index >= 15 is 0 Å². The summed E-state index contributed by atoms with van der Waals surface area (Å²) in [5.74, 6) is -1.43. The third-order valence-corrected chi connectivity index (χ3v) is 4.52. The Morgan fingerprint density at radius 1 is 1.19 bits per heavy atom. The van der Waals surface area contributed by atoms with E-state index in [2.05, 4.69) is 0 Å². The minimum absolute atomic E-state index is 0.0394. The topological polar surface area (TPSA) is 104 Å². The van der Waals surface area contributed by atoms with Gasteiger partial charge in [0.1, 0.15) is 6.04 Å². The molecule has 1 rings (SSSR count). The summed E-state index contributed by atoms with van der Waals surface area (Å²) in [4.78, 5) is 10.9. The maximum Gasteiger partial charge on any atom is 0.324 e. The molecule has 0 aliphatic heterocycles. The molecule has 0 radical (unpaired) electrons. The van der Waals surface area contributed by atoms with Crippen LogP contribution in [0.4, 0.5) is 0 Å². The molecule has 0 amide bonds. The van der Waals surface area contributed by atoms with Gasteiger partial charge in [0.15, 0.2) is 0 Å². The van der Waals surface area contributed by atoms with Crippen LogP contribution in [-0.2, 0) is 20.2 Å². The lowest BCUT2D eigenvalue weighted by molar-refractivity contribution is -0.141. The lowest BCUT2D eigenvalue weighted by Crippen LogP contribution is -2.47. The lowest BCUT2D eigenvalue weighted by atomic mass is 9.87. The molecule has 3 N–H and O–H groups in total. The van der Waals surface area contributed by atoms with Crippen LogP contribution < -0.4 is 4.72 Å². The molecule has 0 saturated heterocycles. The lowest BCUT2D eigenvalue weighted by Gasteiger charge is -2.20. The van der Waals surface area contributed by atoms with Crippen LogP contribution in [0.5, 0.6) is 0 Å². The number of aliphatic hydroxyl groups excluding tert-OH is 1. The highest BCUT2D eigenvalue weighted by atomic mass is 32.2. The highest BCUT2D eigenvalue weighted by Gasteiger charge is 2.29. The van der Waals surface area contributed by atoms with Crippen LogP contribution in [0.2, 0.25) is 0 Å². The van der Waals surface area contributed by atoms with E-state index in [9.17, 15) is 18.3 Å². The molecule has 2 unspecified atom stereocenters. The van der Waals surface area contributed by atoms with E-state index in [-0.39, 0.29) is 10.3 Å². The van der Waals surface area contributed by atoms with Crippen LogP contribution in [-0.4, -0.2) is 36.7 Å². The van der Waals surface area contributed by atoms with Crippen molar-refractivity contribution >= 4 is 16.0 Å². The minimum atomic E-state index is -4.00. The van der Waals surface area contributed by atoms with Gasteiger partial charge in [0.05, 0.1) is 11.0 Å². The number of nitrogens with one attached hydrogen (secondary N) is 1. The molecular formula is C14H21NO5S. The van der Waals surface area contributed by atoms with Gasteiger partial charge in [-0.05, 0) is 30.0 Å². The van der Waals surface area contributed by atoms with Crippen molar-refractivity contribution < 1.29 is 23.4 Å². The first-order valence-electron chi connectivity index (χ1n) is 6.49. The summed E-state index contributed by atoms with van der Waals surface area (Å²) >= 11 is 0. The normalized spacial score (nSPS) is 15.5. The number of hydrogen-bond donors (Lipinski definition) is 3. The predicted octanol–water partition coefficient (Wildman–Crippen LogP) is 1.10. The number of sulfonamides is 1. The number of aliphatic hydroxyl groups is 1. The fourth-order valence-electron chi connectivity index (χ4n) is 1.72. The van der Waals surface area contributed by atoms with Gasteiger partial charge in [0, 0.05) is 0 Å². The van der Waals surface area contributed by atoms with Gasteiger partial charge in [0.2, 0.25) is 10.0 Å². The standard InChI is InChI=1S/C14H21NO5S/c1-9(16)12(13(17)18)15-21(19,20)11-7-5-10(6-8-11)14(2,3)4/h5-9,12,15-16H,1-4H3,(H,17,18). The molecule has 1 aromatic carbocycles. The largest absolute Gasteiger partial charge is 0.480 e. The van der Waals surface area contributed by atoms with Gasteiger partial charge >= 0.3 is 5.97 Å². The Balaban J connectivity index is 3.06. The molecule has 0 aliphatic carbocycles. The molecule has 2 atom stereocenters. The summed E-state index contributed by atoms with van der Waals surface area (Å²) in [5, 5.41) is 18.3. The molecule has 0 saturated carbocycles. The van der Waals surface area contributed by atoms with E-state index in [1.165, 1.54) is 19.1 Å². The second-order valence-electron chi connectivity index (χ2n) is 5.95. The third kappa shape index (κ3) is 4.52. The maximum absolute atomic E-state index is 12.1. The zero-order valence-electron chi connectivity index (χ0n) is 12.5. The van der Waals surface area contributed by atoms with Crippen molar-refractivity contribution in [2.45, 2.75) is 50.2 Å². The monoisotopic (exact) mass is 315 g/mol. The average molecular weight is 315 g/mol. The second-order valence-corrected chi connectivity index (χ2v) is 7.67. The molecule has 0 aliphatic rings. The van der Waals surface area contributed by atoms with Crippen molar-refractivity contribution in [2.75, 3.05) is 0 Å². The van der Waals surface area contributed by atoms with E-state index in [4.69, 9.17) is 5.11 Å². The van der Waals surface area contributed by atoms with Gasteiger partial charge < -0.3 is 10.2 Å². The van der Waals surface area contributed by atoms with Crippen LogP contribution in [0.15, 0.2) is 29.2 Å². The predicted molar refractivity (Wildman–Crippen MR) is 78.6 cm³/mol. The molecular weight excluding hydrogens is 294 g/mol. The number of benzene rings is 1. The third-order valence-electron chi connectivity index (χ3n) is 3.06. The van der Waals surface area contributed by atoms with Gasteiger partial charge in [-0.25, -0.2) is 8.42 Å². The number of carboxylic acids is 1. The first kappa shape index (κ1) is 17.6. The quantitative estimate of drug-likeness (QED) is 0.755. The van der Waals surface area contributed by atoms with Gasteiger partial charge in [-0.15, -0.1) is 0 Å². The van der Waals surface area contributed by atoms with Crippen molar-refractivity contribution in [2.24, 2.45) is 0 Å². The number of hydrogen-bond acceptors (Lipinski definition) is 4. The number of aliphatic carboxylic acids is 1. The molecule has 0 bridgehead atoms. The van der Waals surface area contributed by atoms with Crippen LogP contribution in [0.3, 0.4) is 0 Å². The van der Waals surface area contributed by atoms with Gasteiger partial charge in [0.25, 0.3) is 0 Å². The zero-order valence-corrected chi connectivity index (χ0v) is 13.3. The molecule has 118 valence electrons. The number of carbonyl (C=O) groups is 1. The smallest absolute Gasteiger partial charge is 0.324 e. The first-order chi connectivity index (χ1) is 9.45. The van der Waals surface area contributed by atoms with Crippen LogP contribution in [0.25, 0.3) is 0 Å². The van der Waals surface area contributed by atoms with Gasteiger partial charge in [-0.2, -0.15) is 4.72 Å². The van der Waals surface area contributed by atoms with E-state index in [0.29, 0.717) is 0 Å². The average Bonchev–Trinajstić information content (AvgIpc) is 2.34. The maximum atomic E-state index is 12.1. The molecule has 21 heavy (non-hydrogen) atoms. The van der Waals surface area contributed by atoms with Crippen molar-refractivity contribution in [3.63, 3.8) is 0 Å². The Morgan fingerprint density at radius 3 is 2.00 bits per heavy atom. The second kappa shape index (κ2) is 6.13. The molecule has 0 fully saturated rings. The Hall–Kier alpha value is -1.44. The van der Waals surface area contributed by atoms with Crippen molar-refractivity contribution in [1.29, 1.82) is 0 Å². The summed E-state index contributed by atoms with van der Waals surface area (Å²) in [7, 11) is -4.00. The van der Waals surface area contributed by atoms with Crippen molar-refractivity contribution in [1.82, 2.24) is 4.72 Å². The fourth-order valence-corrected chi connectivity index (χ4v) is 2.99. The Morgan fingerprint density at radius 2 is 1.67 bits per heavy atom. The SMILES string of the molecule is CC(O)C(NS(=O)(=O)c1ccc(C(C)(C)C)cc1)C(=O)O. The summed E-state index contributed by atoms with van der Waals surface area (Å²) in [5.41, 5.74) is 0.852. The van der Waals surface area contributed by atoms with E-state index in [1.54, 1.807) is 12.1 Å². The molecule has 7 heteroatoms. The van der Waals surface area contributed by atoms with Gasteiger partial charge in [-0.1, -0.05) is 32.9 Å². The highest BCUT2D eigenvalue weighted by Crippen LogP contribution is 2.23. The molecule has 0 spiro atoms. The van der Waals surface area contributed by atoms with E-state index in [0.717, 1.165) is 5.56 Å². The van der Waals surface area contributed by atoms with Crippen LogP contribution in [0.1, 0.15) is 33.3 Å². The molecule has 0 heterocycles. The Kier molecular flexibility index (Phi) is 5.14. The number of rotatable bonds is 5. The fraction of sp³-hybridized carbons (Fsp3) is 0.500. The van der Waals surface area contributed by atoms with Crippen molar-refractivity contribution in [3.8, 4) is 0 Å². The minimum Gasteiger partial charge on any atom is -0.480 e. The molecule has 6 nitrogen and oxygen atoms in total. The summed E-state index contributed by atoms with van der Waals surface area (Å²) in [6.45, 7) is 7.22.